The average molecular weight is 432 g/mol. The van der Waals surface area contributed by atoms with Crippen LogP contribution in [0.1, 0.15) is 18.9 Å². The van der Waals surface area contributed by atoms with Crippen LogP contribution in [0.25, 0.3) is 16.7 Å². The highest BCUT2D eigenvalue weighted by Gasteiger charge is 2.29. The van der Waals surface area contributed by atoms with Crippen molar-refractivity contribution in [1.29, 1.82) is 0 Å². The summed E-state index contributed by atoms with van der Waals surface area (Å²) >= 11 is 0. The molecule has 0 unspecified atom stereocenters. The van der Waals surface area contributed by atoms with Gasteiger partial charge in [-0.25, -0.2) is 26.9 Å². The second-order valence-electron chi connectivity index (χ2n) is 6.70. The van der Waals surface area contributed by atoms with Gasteiger partial charge >= 0.3 is 0 Å². The largest absolute Gasteiger partial charge is 0.277 e. The third kappa shape index (κ3) is 3.52. The lowest BCUT2D eigenvalue weighted by atomic mass is 10.1. The lowest BCUT2D eigenvalue weighted by Gasteiger charge is -2.14. The Bertz CT molecular complexity index is 1330. The summed E-state index contributed by atoms with van der Waals surface area (Å²) in [7, 11) is -2.27. The summed E-state index contributed by atoms with van der Waals surface area (Å²) < 4.78 is 58.9. The molecule has 8 nitrogen and oxygen atoms in total. The lowest BCUT2D eigenvalue weighted by Crippen LogP contribution is -2.13. The molecule has 0 saturated carbocycles. The third-order valence-electron chi connectivity index (χ3n) is 4.72. The molecule has 4 rings (SSSR count). The zero-order valence-corrected chi connectivity index (χ0v) is 16.9. The summed E-state index contributed by atoms with van der Waals surface area (Å²) in [6, 6.07) is 7.59. The fourth-order valence-corrected chi connectivity index (χ4v) is 4.06. The zero-order chi connectivity index (χ0) is 21.5. The van der Waals surface area contributed by atoms with E-state index in [0.717, 1.165) is 16.3 Å². The minimum atomic E-state index is -3.98. The molecular weight excluding hydrogens is 414 g/mol. The van der Waals surface area contributed by atoms with Gasteiger partial charge < -0.3 is 0 Å². The van der Waals surface area contributed by atoms with E-state index in [1.165, 1.54) is 31.5 Å². The van der Waals surface area contributed by atoms with Crippen molar-refractivity contribution >= 4 is 26.6 Å². The average Bonchev–Trinajstić information content (AvgIpc) is 3.36. The Labute approximate surface area is 171 Å². The van der Waals surface area contributed by atoms with Crippen LogP contribution in [0.3, 0.4) is 0 Å². The predicted molar refractivity (Wildman–Crippen MR) is 107 cm³/mol. The number of fused-ring (bicyclic) bond motifs is 1. The monoisotopic (exact) mass is 432 g/mol. The molecule has 156 valence electrons. The Morgan fingerprint density at radius 2 is 1.97 bits per heavy atom. The number of aromatic nitrogens is 5. The number of nitrogens with one attached hydrogen (secondary N) is 1. The Morgan fingerprint density at radius 3 is 2.73 bits per heavy atom. The fraction of sp³-hybridized carbons (Fsp3) is 0.211. The second-order valence-corrected chi connectivity index (χ2v) is 8.38. The maximum Gasteiger partial charge on any atom is 0.273 e. The topological polar surface area (TPSA) is 94.7 Å². The van der Waals surface area contributed by atoms with Crippen LogP contribution in [0.15, 0.2) is 60.0 Å². The van der Waals surface area contributed by atoms with Crippen LogP contribution in [0.4, 0.5) is 14.5 Å². The molecular formula is C19H18F2N6O2S. The molecule has 0 aliphatic rings. The number of rotatable bonds is 6. The van der Waals surface area contributed by atoms with Crippen molar-refractivity contribution in [2.75, 3.05) is 4.72 Å². The van der Waals surface area contributed by atoms with E-state index in [4.69, 9.17) is 0 Å². The Balaban J connectivity index is 1.67. The van der Waals surface area contributed by atoms with Gasteiger partial charge in [0.05, 0.1) is 29.8 Å². The highest BCUT2D eigenvalue weighted by atomic mass is 32.2. The van der Waals surface area contributed by atoms with Gasteiger partial charge in [0.1, 0.15) is 4.90 Å². The van der Waals surface area contributed by atoms with Crippen molar-refractivity contribution in [3.8, 4) is 5.82 Å². The van der Waals surface area contributed by atoms with Gasteiger partial charge in [-0.3, -0.25) is 9.40 Å². The van der Waals surface area contributed by atoms with Gasteiger partial charge in [0.25, 0.3) is 15.9 Å². The van der Waals surface area contributed by atoms with E-state index in [2.05, 4.69) is 19.9 Å². The first kappa shape index (κ1) is 20.0. The second kappa shape index (κ2) is 7.17. The molecule has 11 heteroatoms. The lowest BCUT2D eigenvalue weighted by molar-refractivity contribution is -0.00838. The molecule has 0 spiro atoms. The molecule has 0 aliphatic carbocycles. The first-order valence-electron chi connectivity index (χ1n) is 9.04. The number of sulfonamides is 1. The van der Waals surface area contributed by atoms with Crippen LogP contribution >= 0.6 is 0 Å². The number of pyridine rings is 1. The molecule has 0 amide bonds. The van der Waals surface area contributed by atoms with Crippen LogP contribution < -0.4 is 4.72 Å². The van der Waals surface area contributed by atoms with Crippen molar-refractivity contribution in [3.05, 3.63) is 60.7 Å². The van der Waals surface area contributed by atoms with Crippen molar-refractivity contribution in [3.63, 3.8) is 0 Å². The van der Waals surface area contributed by atoms with Crippen LogP contribution in [-0.4, -0.2) is 33.0 Å². The molecule has 1 N–H and O–H groups in total. The van der Waals surface area contributed by atoms with Crippen molar-refractivity contribution in [2.45, 2.75) is 24.2 Å². The molecule has 4 aromatic rings. The molecule has 3 heterocycles. The van der Waals surface area contributed by atoms with E-state index in [0.29, 0.717) is 11.2 Å². The third-order valence-corrected chi connectivity index (χ3v) is 6.04. The number of alkyl halides is 2. The van der Waals surface area contributed by atoms with E-state index in [-0.39, 0.29) is 22.7 Å². The molecule has 0 aliphatic heterocycles. The highest BCUT2D eigenvalue weighted by Crippen LogP contribution is 2.31. The van der Waals surface area contributed by atoms with Gasteiger partial charge in [0.2, 0.25) is 0 Å². The quantitative estimate of drug-likeness (QED) is 0.504. The highest BCUT2D eigenvalue weighted by molar-refractivity contribution is 7.92. The van der Waals surface area contributed by atoms with E-state index in [1.807, 2.05) is 6.07 Å². The van der Waals surface area contributed by atoms with Crippen LogP contribution in [0, 0.1) is 0 Å². The van der Waals surface area contributed by atoms with Crippen LogP contribution in [0.2, 0.25) is 0 Å². The first-order valence-corrected chi connectivity index (χ1v) is 10.5. The fourth-order valence-electron chi connectivity index (χ4n) is 3.06. The van der Waals surface area contributed by atoms with E-state index in [1.54, 1.807) is 30.1 Å². The number of hydrogen-bond acceptors (Lipinski definition) is 5. The Kier molecular flexibility index (Phi) is 4.77. The molecule has 0 radical (unpaired) electrons. The maximum absolute atomic E-state index is 14.0. The van der Waals surface area contributed by atoms with Gasteiger partial charge in [0.15, 0.2) is 5.82 Å². The molecule has 0 bridgehead atoms. The van der Waals surface area contributed by atoms with E-state index < -0.39 is 15.9 Å². The van der Waals surface area contributed by atoms with Gasteiger partial charge in [-0.05, 0) is 18.2 Å². The van der Waals surface area contributed by atoms with Crippen molar-refractivity contribution < 1.29 is 17.2 Å². The van der Waals surface area contributed by atoms with E-state index >= 15 is 0 Å². The summed E-state index contributed by atoms with van der Waals surface area (Å²) in [4.78, 5) is 3.89. The smallest absolute Gasteiger partial charge is 0.273 e. The number of para-hydroxylation sites is 1. The first-order chi connectivity index (χ1) is 14.2. The van der Waals surface area contributed by atoms with Gasteiger partial charge in [0, 0.05) is 30.6 Å². The van der Waals surface area contributed by atoms with Gasteiger partial charge in [-0.15, -0.1) is 0 Å². The standard InChI is InChI=1S/C19H18F2N6O2S/c1-3-19(20,21)14-7-8-22-17(9-14)27-12-15(11-24-27)30(28,29)25-16-6-4-5-13-10-23-26(2)18(13)16/h4-12,25H,3H2,1-2H3. The van der Waals surface area contributed by atoms with Crippen molar-refractivity contribution in [2.24, 2.45) is 7.05 Å². The molecule has 1 aromatic carbocycles. The number of aryl methyl sites for hydroxylation is 1. The van der Waals surface area contributed by atoms with Crippen LogP contribution in [0.5, 0.6) is 0 Å². The summed E-state index contributed by atoms with van der Waals surface area (Å²) in [5, 5.41) is 8.90. The minimum Gasteiger partial charge on any atom is -0.277 e. The summed E-state index contributed by atoms with van der Waals surface area (Å²) in [5.74, 6) is -2.92. The zero-order valence-electron chi connectivity index (χ0n) is 16.1. The van der Waals surface area contributed by atoms with Gasteiger partial charge in [-0.1, -0.05) is 19.1 Å². The van der Waals surface area contributed by atoms with E-state index in [9.17, 15) is 17.2 Å². The number of nitrogens with zero attached hydrogens (tertiary/aromatic N) is 5. The number of anilines is 1. The normalized spacial score (nSPS) is 12.4. The summed E-state index contributed by atoms with van der Waals surface area (Å²) in [5.41, 5.74) is 0.781. The number of hydrogen-bond donors (Lipinski definition) is 1. The van der Waals surface area contributed by atoms with Crippen molar-refractivity contribution in [1.82, 2.24) is 24.5 Å². The molecule has 0 fully saturated rings. The molecule has 3 aromatic heterocycles. The SMILES string of the molecule is CCC(F)(F)c1ccnc(-n2cc(S(=O)(=O)Nc3cccc4cnn(C)c34)cn2)c1. The Hall–Kier alpha value is -3.34. The number of benzene rings is 1. The van der Waals surface area contributed by atoms with Gasteiger partial charge in [-0.2, -0.15) is 10.2 Å². The maximum atomic E-state index is 14.0. The Morgan fingerprint density at radius 1 is 1.17 bits per heavy atom. The molecule has 0 saturated heterocycles. The summed E-state index contributed by atoms with van der Waals surface area (Å²) in [6.45, 7) is 1.38. The summed E-state index contributed by atoms with van der Waals surface area (Å²) in [6.07, 6.45) is 4.87. The minimum absolute atomic E-state index is 0.0933. The molecule has 30 heavy (non-hydrogen) atoms. The predicted octanol–water partition coefficient (Wildman–Crippen LogP) is 3.46. The molecule has 0 atom stereocenters. The number of halogens is 2. The van der Waals surface area contributed by atoms with Crippen LogP contribution in [-0.2, 0) is 23.0 Å².